The summed E-state index contributed by atoms with van der Waals surface area (Å²) in [6.07, 6.45) is 8.14. The number of nitrogens with one attached hydrogen (secondary N) is 1. The zero-order valence-electron chi connectivity index (χ0n) is 7.81. The number of piperidine rings is 1. The zero-order valence-corrected chi connectivity index (χ0v) is 7.81. The Morgan fingerprint density at radius 1 is 1.58 bits per heavy atom. The van der Waals surface area contributed by atoms with E-state index in [9.17, 15) is 4.79 Å². The van der Waals surface area contributed by atoms with Gasteiger partial charge in [-0.15, -0.1) is 0 Å². The highest BCUT2D eigenvalue weighted by Crippen LogP contribution is 2.20. The lowest BCUT2D eigenvalue weighted by Gasteiger charge is -2.26. The van der Waals surface area contributed by atoms with Crippen LogP contribution in [0.5, 0.6) is 0 Å². The summed E-state index contributed by atoms with van der Waals surface area (Å²) in [7, 11) is 0. The second-order valence-corrected chi connectivity index (χ2v) is 3.66. The minimum Gasteiger partial charge on any atom is -0.307 e. The zero-order chi connectivity index (χ0) is 8.81. The highest BCUT2D eigenvalue weighted by Gasteiger charge is 2.20. The first-order valence-corrected chi connectivity index (χ1v) is 4.98. The fourth-order valence-corrected chi connectivity index (χ4v) is 1.84. The van der Waals surface area contributed by atoms with Crippen LogP contribution in [-0.4, -0.2) is 18.9 Å². The molecule has 2 atom stereocenters. The molecule has 69 valence electrons. The first-order chi connectivity index (χ1) is 5.86. The standard InChI is InChI=1S/C10H18NO/c1-2-3-4-9-5-6-11-10(7-9)8-12/h9-11H,2-7H2,1H3/t9-,10+/m1/s1. The van der Waals surface area contributed by atoms with Gasteiger partial charge in [0.15, 0.2) is 0 Å². The number of hydrogen-bond acceptors (Lipinski definition) is 2. The molecular formula is C10H18NO. The van der Waals surface area contributed by atoms with E-state index in [1.807, 2.05) is 6.29 Å². The summed E-state index contributed by atoms with van der Waals surface area (Å²) >= 11 is 0. The van der Waals surface area contributed by atoms with Crippen molar-refractivity contribution in [3.8, 4) is 0 Å². The second-order valence-electron chi connectivity index (χ2n) is 3.66. The molecule has 0 amide bonds. The van der Waals surface area contributed by atoms with Gasteiger partial charge in [0.25, 0.3) is 0 Å². The molecule has 1 aliphatic heterocycles. The Hall–Kier alpha value is -0.370. The van der Waals surface area contributed by atoms with E-state index in [4.69, 9.17) is 0 Å². The van der Waals surface area contributed by atoms with E-state index in [0.29, 0.717) is 0 Å². The van der Waals surface area contributed by atoms with Crippen LogP contribution in [0, 0.1) is 5.92 Å². The summed E-state index contributed by atoms with van der Waals surface area (Å²) in [6, 6.07) is 0.0145. The van der Waals surface area contributed by atoms with Crippen molar-refractivity contribution >= 4 is 6.29 Å². The summed E-state index contributed by atoms with van der Waals surface area (Å²) in [5, 5.41) is 3.15. The van der Waals surface area contributed by atoms with E-state index in [-0.39, 0.29) is 6.04 Å². The van der Waals surface area contributed by atoms with Crippen LogP contribution in [0.1, 0.15) is 39.0 Å². The Balaban J connectivity index is 2.20. The molecule has 0 aromatic rings. The van der Waals surface area contributed by atoms with E-state index < -0.39 is 0 Å². The van der Waals surface area contributed by atoms with Crippen molar-refractivity contribution in [1.29, 1.82) is 0 Å². The predicted molar refractivity (Wildman–Crippen MR) is 49.7 cm³/mol. The third-order valence-electron chi connectivity index (χ3n) is 2.62. The highest BCUT2D eigenvalue weighted by atomic mass is 16.1. The molecule has 2 nitrogen and oxygen atoms in total. The fraction of sp³-hybridized carbons (Fsp3) is 0.900. The van der Waals surface area contributed by atoms with E-state index in [2.05, 4.69) is 12.2 Å². The monoisotopic (exact) mass is 168 g/mol. The average Bonchev–Trinajstić information content (AvgIpc) is 2.15. The van der Waals surface area contributed by atoms with Crippen LogP contribution in [0.25, 0.3) is 0 Å². The first kappa shape index (κ1) is 9.72. The van der Waals surface area contributed by atoms with Gasteiger partial charge in [-0.05, 0) is 25.3 Å². The number of hydrogen-bond donors (Lipinski definition) is 1. The van der Waals surface area contributed by atoms with E-state index in [1.54, 1.807) is 0 Å². The topological polar surface area (TPSA) is 29.1 Å². The lowest BCUT2D eigenvalue weighted by Crippen LogP contribution is -2.38. The van der Waals surface area contributed by atoms with Crippen LogP contribution >= 0.6 is 0 Å². The normalized spacial score (nSPS) is 30.1. The van der Waals surface area contributed by atoms with Crippen molar-refractivity contribution in [2.24, 2.45) is 5.92 Å². The number of unbranched alkanes of at least 4 members (excludes halogenated alkanes) is 1. The maximum atomic E-state index is 10.4. The summed E-state index contributed by atoms with van der Waals surface area (Å²) in [6.45, 7) is 3.21. The van der Waals surface area contributed by atoms with Crippen LogP contribution in [0.3, 0.4) is 0 Å². The van der Waals surface area contributed by atoms with E-state index in [1.165, 1.54) is 25.7 Å². The molecule has 0 unspecified atom stereocenters. The number of rotatable bonds is 4. The van der Waals surface area contributed by atoms with Crippen molar-refractivity contribution in [2.45, 2.75) is 45.1 Å². The lowest BCUT2D eigenvalue weighted by molar-refractivity contribution is 0.315. The second kappa shape index (κ2) is 5.31. The SMILES string of the molecule is CCCC[C@@H]1CCN[C@H]([C]=O)C1. The van der Waals surface area contributed by atoms with Crippen molar-refractivity contribution < 1.29 is 4.79 Å². The minimum absolute atomic E-state index is 0.0145. The molecular weight excluding hydrogens is 150 g/mol. The maximum Gasteiger partial charge on any atom is 0.216 e. The number of carbonyl (C=O) groups excluding carboxylic acids is 1. The van der Waals surface area contributed by atoms with Crippen molar-refractivity contribution in [1.82, 2.24) is 5.32 Å². The van der Waals surface area contributed by atoms with Gasteiger partial charge in [0.05, 0.1) is 6.04 Å². The summed E-state index contributed by atoms with van der Waals surface area (Å²) in [5.41, 5.74) is 0. The molecule has 1 rings (SSSR count). The van der Waals surface area contributed by atoms with Gasteiger partial charge in [-0.2, -0.15) is 0 Å². The lowest BCUT2D eigenvalue weighted by atomic mass is 9.89. The molecule has 0 spiro atoms. The molecule has 2 heteroatoms. The Kier molecular flexibility index (Phi) is 4.30. The molecule has 0 aliphatic carbocycles. The predicted octanol–water partition coefficient (Wildman–Crippen LogP) is 1.65. The fourth-order valence-electron chi connectivity index (χ4n) is 1.84. The Morgan fingerprint density at radius 3 is 3.08 bits per heavy atom. The average molecular weight is 168 g/mol. The Bertz CT molecular complexity index is 136. The third-order valence-corrected chi connectivity index (χ3v) is 2.62. The van der Waals surface area contributed by atoms with Gasteiger partial charge in [0.2, 0.25) is 6.29 Å². The van der Waals surface area contributed by atoms with Gasteiger partial charge in [0, 0.05) is 0 Å². The Labute approximate surface area is 74.7 Å². The van der Waals surface area contributed by atoms with Crippen LogP contribution in [0.2, 0.25) is 0 Å². The van der Waals surface area contributed by atoms with Gasteiger partial charge >= 0.3 is 0 Å². The van der Waals surface area contributed by atoms with Crippen LogP contribution < -0.4 is 5.32 Å². The molecule has 0 saturated carbocycles. The molecule has 0 aromatic carbocycles. The van der Waals surface area contributed by atoms with Gasteiger partial charge in [-0.3, -0.25) is 4.79 Å². The Morgan fingerprint density at radius 2 is 2.42 bits per heavy atom. The van der Waals surface area contributed by atoms with Crippen LogP contribution in [-0.2, 0) is 4.79 Å². The summed E-state index contributed by atoms with van der Waals surface area (Å²) < 4.78 is 0. The molecule has 1 aliphatic rings. The third kappa shape index (κ3) is 2.94. The quantitative estimate of drug-likeness (QED) is 0.691. The summed E-state index contributed by atoms with van der Waals surface area (Å²) in [5.74, 6) is 0.762. The molecule has 0 aromatic heterocycles. The van der Waals surface area contributed by atoms with Gasteiger partial charge < -0.3 is 5.32 Å². The maximum absolute atomic E-state index is 10.4. The highest BCUT2D eigenvalue weighted by molar-refractivity contribution is 5.58. The van der Waals surface area contributed by atoms with Crippen LogP contribution in [0.15, 0.2) is 0 Å². The molecule has 12 heavy (non-hydrogen) atoms. The van der Waals surface area contributed by atoms with Crippen LogP contribution in [0.4, 0.5) is 0 Å². The van der Waals surface area contributed by atoms with Gasteiger partial charge in [0.1, 0.15) is 0 Å². The molecule has 0 bridgehead atoms. The first-order valence-electron chi connectivity index (χ1n) is 4.98. The van der Waals surface area contributed by atoms with Gasteiger partial charge in [-0.1, -0.05) is 26.2 Å². The summed E-state index contributed by atoms with van der Waals surface area (Å²) in [4.78, 5) is 10.4. The molecule has 1 heterocycles. The largest absolute Gasteiger partial charge is 0.307 e. The van der Waals surface area contributed by atoms with Crippen molar-refractivity contribution in [3.63, 3.8) is 0 Å². The van der Waals surface area contributed by atoms with E-state index >= 15 is 0 Å². The van der Waals surface area contributed by atoms with E-state index in [0.717, 1.165) is 18.9 Å². The molecule has 1 radical (unpaired) electrons. The molecule has 1 saturated heterocycles. The molecule has 1 fully saturated rings. The van der Waals surface area contributed by atoms with Crippen molar-refractivity contribution in [3.05, 3.63) is 0 Å². The van der Waals surface area contributed by atoms with Crippen molar-refractivity contribution in [2.75, 3.05) is 6.54 Å². The molecule has 1 N–H and O–H groups in total. The smallest absolute Gasteiger partial charge is 0.216 e. The minimum atomic E-state index is 0.0145. The van der Waals surface area contributed by atoms with Gasteiger partial charge in [-0.25, -0.2) is 0 Å².